The van der Waals surface area contributed by atoms with Crippen molar-refractivity contribution in [3.8, 4) is 51.0 Å². The maximum atomic E-state index is 9.87. The zero-order valence-corrected chi connectivity index (χ0v) is 25.5. The van der Waals surface area contributed by atoms with Gasteiger partial charge in [-0.25, -0.2) is 15.0 Å². The minimum Gasteiger partial charge on any atom is -0.456 e. The fraction of sp³-hybridized carbons (Fsp3) is 0. The van der Waals surface area contributed by atoms with E-state index in [1.165, 1.54) is 0 Å². The van der Waals surface area contributed by atoms with Crippen molar-refractivity contribution in [3.05, 3.63) is 169 Å². The van der Waals surface area contributed by atoms with E-state index in [9.17, 15) is 9.60 Å². The first-order valence-electron chi connectivity index (χ1n) is 24.2. The SMILES string of the molecule is [2H]c1c([2H])c([2H])c(-c2c([2H])c([2H])c3oc4c([2H])c(-n5c6c([2H])c([2H])c([2H])c([2H])c6c6c([2H])c([2H])c(-c7nc(-c8ccccc8)nc(-c8ccccc8)n7)c([2H])c65)c([2H])c([2H])c4c3c2[2H])c([2H])c1[2H]. The number of fused-ring (bicyclic) bond motifs is 6. The summed E-state index contributed by atoms with van der Waals surface area (Å²) in [7, 11) is 0. The first kappa shape index (κ1) is 15.6. The van der Waals surface area contributed by atoms with E-state index in [0.717, 1.165) is 4.57 Å². The summed E-state index contributed by atoms with van der Waals surface area (Å²) in [6, 6.07) is 4.51. The number of nitrogens with zero attached hydrogens (tertiary/aromatic N) is 4. The summed E-state index contributed by atoms with van der Waals surface area (Å²) in [4.78, 5) is 14.0. The largest absolute Gasteiger partial charge is 0.456 e. The molecule has 0 atom stereocenters. The highest BCUT2D eigenvalue weighted by molar-refractivity contribution is 6.11. The molecule has 10 rings (SSSR count). The Morgan fingerprint density at radius 1 is 0.420 bits per heavy atom. The maximum absolute atomic E-state index is 9.87. The molecular formula is C45H28N4O. The number of hydrogen-bond acceptors (Lipinski definition) is 4. The van der Waals surface area contributed by atoms with Gasteiger partial charge in [-0.05, 0) is 47.4 Å². The summed E-state index contributed by atoms with van der Waals surface area (Å²) in [5, 5.41) is -1.46. The Morgan fingerprint density at radius 3 is 1.78 bits per heavy atom. The highest BCUT2D eigenvalue weighted by Crippen LogP contribution is 2.38. The first-order valence-corrected chi connectivity index (χ1v) is 15.2. The predicted octanol–water partition coefficient (Wildman–Crippen LogP) is 11.5. The molecule has 234 valence electrons. The maximum Gasteiger partial charge on any atom is 0.164 e. The van der Waals surface area contributed by atoms with Gasteiger partial charge in [0.25, 0.3) is 0 Å². The van der Waals surface area contributed by atoms with Crippen molar-refractivity contribution in [1.82, 2.24) is 19.5 Å². The molecule has 0 saturated heterocycles. The summed E-state index contributed by atoms with van der Waals surface area (Å²) in [5.74, 6) is 0.0472. The molecule has 7 aromatic carbocycles. The summed E-state index contributed by atoms with van der Waals surface area (Å²) in [6.07, 6.45) is 0. The third kappa shape index (κ3) is 4.67. The lowest BCUT2D eigenvalue weighted by atomic mass is 10.0. The standard InChI is InChI=1S/C45H28N4O/c1-4-12-29(13-5-1)32-21-25-41-38(26-32)37-24-22-34(28-42(37)50-41)49-39-19-11-10-18-35(39)36-23-20-33(27-40(36)49)45-47-43(30-14-6-2-7-15-30)46-44(48-45)31-16-8-3-9-17-31/h1-28H/i1D,4D,5D,10D,11D,12D,13D,18D,19D,20D,21D,22D,23D,24D,25D,26D,27D,28D. The summed E-state index contributed by atoms with van der Waals surface area (Å²) < 4.78 is 169. The normalized spacial score (nSPS) is 16.6. The fourth-order valence-electron chi connectivity index (χ4n) is 5.76. The predicted molar refractivity (Wildman–Crippen MR) is 203 cm³/mol. The van der Waals surface area contributed by atoms with Gasteiger partial charge >= 0.3 is 0 Å². The molecule has 0 amide bonds. The van der Waals surface area contributed by atoms with Crippen molar-refractivity contribution in [2.45, 2.75) is 0 Å². The van der Waals surface area contributed by atoms with Crippen LogP contribution < -0.4 is 0 Å². The average molecular weight is 659 g/mol. The quantitative estimate of drug-likeness (QED) is 0.185. The Morgan fingerprint density at radius 2 is 1.04 bits per heavy atom. The number of benzene rings is 7. The van der Waals surface area contributed by atoms with E-state index >= 15 is 0 Å². The van der Waals surface area contributed by atoms with Crippen molar-refractivity contribution in [2.75, 3.05) is 0 Å². The van der Waals surface area contributed by atoms with Crippen LogP contribution in [0.25, 0.3) is 94.7 Å². The first-order chi connectivity index (χ1) is 32.3. The second-order valence-electron chi connectivity index (χ2n) is 11.1. The Kier molecular flexibility index (Phi) is 3.55. The molecule has 10 aromatic rings. The van der Waals surface area contributed by atoms with Crippen LogP contribution in [0, 0.1) is 0 Å². The molecule has 0 aliphatic carbocycles. The van der Waals surface area contributed by atoms with E-state index in [0.29, 0.717) is 11.1 Å². The summed E-state index contributed by atoms with van der Waals surface area (Å²) in [5.41, 5.74) is -2.85. The number of rotatable bonds is 5. The highest BCUT2D eigenvalue weighted by atomic mass is 16.3. The van der Waals surface area contributed by atoms with Gasteiger partial charge in [0.05, 0.1) is 35.7 Å². The molecule has 5 heteroatoms. The second kappa shape index (κ2) is 11.4. The van der Waals surface area contributed by atoms with Gasteiger partial charge in [0, 0.05) is 50.0 Å². The van der Waals surface area contributed by atoms with E-state index in [4.69, 9.17) is 19.5 Å². The van der Waals surface area contributed by atoms with Gasteiger partial charge in [-0.3, -0.25) is 0 Å². The van der Waals surface area contributed by atoms with E-state index < -0.39 is 148 Å². The number of aromatic nitrogens is 4. The van der Waals surface area contributed by atoms with Gasteiger partial charge in [-0.1, -0.05) is 127 Å². The molecule has 0 aliphatic rings. The molecule has 50 heavy (non-hydrogen) atoms. The molecule has 0 radical (unpaired) electrons. The van der Waals surface area contributed by atoms with Crippen LogP contribution in [0.2, 0.25) is 0 Å². The molecule has 3 aromatic heterocycles. The second-order valence-corrected chi connectivity index (χ2v) is 11.1. The monoisotopic (exact) mass is 658 g/mol. The van der Waals surface area contributed by atoms with E-state index in [1.54, 1.807) is 60.7 Å². The molecule has 0 saturated carbocycles. The van der Waals surface area contributed by atoms with Gasteiger partial charge < -0.3 is 8.98 Å². The van der Waals surface area contributed by atoms with Crippen molar-refractivity contribution in [3.63, 3.8) is 0 Å². The zero-order chi connectivity index (χ0) is 48.7. The van der Waals surface area contributed by atoms with E-state index in [1.807, 2.05) is 0 Å². The minimum absolute atomic E-state index is 0.143. The number of para-hydroxylation sites is 1. The lowest BCUT2D eigenvalue weighted by Crippen LogP contribution is -2.00. The smallest absolute Gasteiger partial charge is 0.164 e. The molecule has 0 aliphatic heterocycles. The lowest BCUT2D eigenvalue weighted by molar-refractivity contribution is 0.668. The van der Waals surface area contributed by atoms with Crippen LogP contribution in [0.1, 0.15) is 24.7 Å². The Labute approximate surface area is 313 Å². The molecule has 3 heterocycles. The van der Waals surface area contributed by atoms with Crippen molar-refractivity contribution in [1.29, 1.82) is 0 Å². The third-order valence-electron chi connectivity index (χ3n) is 8.05. The van der Waals surface area contributed by atoms with Crippen LogP contribution in [-0.2, 0) is 0 Å². The molecule has 0 spiro atoms. The van der Waals surface area contributed by atoms with Gasteiger partial charge in [-0.15, -0.1) is 0 Å². The van der Waals surface area contributed by atoms with Gasteiger partial charge in [0.1, 0.15) is 11.2 Å². The molecule has 0 fully saturated rings. The Balaban J connectivity index is 1.35. The average Bonchev–Trinajstić information content (AvgIpc) is 3.92. The van der Waals surface area contributed by atoms with Gasteiger partial charge in [0.15, 0.2) is 17.5 Å². The lowest BCUT2D eigenvalue weighted by Gasteiger charge is -2.10. The summed E-state index contributed by atoms with van der Waals surface area (Å²) in [6.45, 7) is 0. The molecule has 0 N–H and O–H groups in total. The Hall–Kier alpha value is -6.85. The number of furan rings is 1. The highest BCUT2D eigenvalue weighted by Gasteiger charge is 2.18. The summed E-state index contributed by atoms with van der Waals surface area (Å²) >= 11 is 0. The topological polar surface area (TPSA) is 56.7 Å². The van der Waals surface area contributed by atoms with Crippen LogP contribution in [0.3, 0.4) is 0 Å². The minimum atomic E-state index is -0.818. The zero-order valence-electron chi connectivity index (χ0n) is 43.5. The van der Waals surface area contributed by atoms with Crippen LogP contribution in [0.5, 0.6) is 0 Å². The molecular weight excluding hydrogens is 613 g/mol. The molecule has 0 unspecified atom stereocenters. The number of hydrogen-bond donors (Lipinski definition) is 0. The van der Waals surface area contributed by atoms with E-state index in [-0.39, 0.29) is 44.7 Å². The van der Waals surface area contributed by atoms with Crippen LogP contribution in [0.4, 0.5) is 0 Å². The van der Waals surface area contributed by atoms with Crippen LogP contribution in [-0.4, -0.2) is 19.5 Å². The molecule has 0 bridgehead atoms. The fourth-order valence-corrected chi connectivity index (χ4v) is 5.76. The van der Waals surface area contributed by atoms with Crippen molar-refractivity contribution >= 4 is 43.7 Å². The van der Waals surface area contributed by atoms with Crippen LogP contribution >= 0.6 is 0 Å². The van der Waals surface area contributed by atoms with Crippen molar-refractivity contribution in [2.24, 2.45) is 0 Å². The van der Waals surface area contributed by atoms with Gasteiger partial charge in [0.2, 0.25) is 0 Å². The van der Waals surface area contributed by atoms with Crippen LogP contribution in [0.15, 0.2) is 174 Å². The van der Waals surface area contributed by atoms with Gasteiger partial charge in [-0.2, -0.15) is 0 Å². The third-order valence-corrected chi connectivity index (χ3v) is 8.05. The van der Waals surface area contributed by atoms with E-state index in [2.05, 4.69) is 15.0 Å². The Bertz CT molecular complexity index is 3810. The van der Waals surface area contributed by atoms with Crippen molar-refractivity contribution < 1.29 is 29.1 Å². The molecule has 5 nitrogen and oxygen atoms in total.